The molecule has 0 radical (unpaired) electrons. The number of guanidine groups is 1. The van der Waals surface area contributed by atoms with Gasteiger partial charge in [-0.1, -0.05) is 24.3 Å². The first kappa shape index (κ1) is 22.1. The number of aliphatic imine (C=N–C) groups is 1. The lowest BCUT2D eigenvalue weighted by Crippen LogP contribution is -2.36. The highest BCUT2D eigenvalue weighted by atomic mass is 127. The molecule has 0 unspecified atom stereocenters. The number of nitrogens with zero attached hydrogens (tertiary/aromatic N) is 1. The molecule has 2 N–H and O–H groups in total. The Hall–Kier alpha value is -1.96. The molecule has 0 bridgehead atoms. The monoisotopic (exact) mass is 469 g/mol. The molecule has 2 aromatic rings. The summed E-state index contributed by atoms with van der Waals surface area (Å²) in [5.41, 5.74) is 3.46. The van der Waals surface area contributed by atoms with E-state index in [4.69, 9.17) is 9.47 Å². The van der Waals surface area contributed by atoms with E-state index in [1.165, 1.54) is 5.56 Å². The molecule has 0 saturated heterocycles. The van der Waals surface area contributed by atoms with Gasteiger partial charge in [-0.25, -0.2) is 0 Å². The number of rotatable bonds is 7. The highest BCUT2D eigenvalue weighted by Crippen LogP contribution is 2.20. The maximum absolute atomic E-state index is 5.72. The van der Waals surface area contributed by atoms with Gasteiger partial charge in [-0.2, -0.15) is 0 Å². The van der Waals surface area contributed by atoms with E-state index in [-0.39, 0.29) is 24.0 Å². The van der Waals surface area contributed by atoms with Gasteiger partial charge < -0.3 is 20.1 Å². The first-order chi connectivity index (χ1) is 12.2. The smallest absolute Gasteiger partial charge is 0.191 e. The second-order valence-electron chi connectivity index (χ2n) is 5.67. The van der Waals surface area contributed by atoms with Gasteiger partial charge in [0.05, 0.1) is 13.7 Å². The Bertz CT molecular complexity index is 703. The molecule has 5 nitrogen and oxygen atoms in total. The van der Waals surface area contributed by atoms with Crippen molar-refractivity contribution in [2.45, 2.75) is 26.9 Å². The molecule has 0 aliphatic rings. The number of benzene rings is 2. The molecule has 0 heterocycles. The Labute approximate surface area is 173 Å². The molecule has 0 atom stereocenters. The topological polar surface area (TPSA) is 54.9 Å². The second-order valence-corrected chi connectivity index (χ2v) is 5.67. The number of halogens is 1. The number of nitrogens with one attached hydrogen (secondary N) is 2. The van der Waals surface area contributed by atoms with Crippen LogP contribution in [0.25, 0.3) is 0 Å². The van der Waals surface area contributed by atoms with Crippen LogP contribution in [-0.4, -0.2) is 26.7 Å². The molecule has 142 valence electrons. The molecule has 0 saturated carbocycles. The molecule has 6 heteroatoms. The maximum Gasteiger partial charge on any atom is 0.191 e. The standard InChI is InChI=1S/C20H27N3O2.HI/c1-5-25-19-12-15(2)6-9-17(19)14-23-20(21-3)22-13-16-7-10-18(24-4)11-8-16;/h6-12H,5,13-14H2,1-4H3,(H2,21,22,23);1H. The fourth-order valence-electron chi connectivity index (χ4n) is 2.43. The van der Waals surface area contributed by atoms with Crippen molar-refractivity contribution in [1.29, 1.82) is 0 Å². The van der Waals surface area contributed by atoms with Gasteiger partial charge in [-0.3, -0.25) is 4.99 Å². The van der Waals surface area contributed by atoms with Crippen molar-refractivity contribution in [3.05, 3.63) is 59.2 Å². The summed E-state index contributed by atoms with van der Waals surface area (Å²) >= 11 is 0. The average Bonchev–Trinajstić information content (AvgIpc) is 2.64. The Kier molecular flexibility index (Phi) is 9.87. The van der Waals surface area contributed by atoms with Crippen LogP contribution in [-0.2, 0) is 13.1 Å². The van der Waals surface area contributed by atoms with E-state index in [2.05, 4.69) is 40.7 Å². The minimum atomic E-state index is 0. The zero-order chi connectivity index (χ0) is 18.1. The summed E-state index contributed by atoms with van der Waals surface area (Å²) in [5, 5.41) is 6.64. The summed E-state index contributed by atoms with van der Waals surface area (Å²) in [6.07, 6.45) is 0. The Morgan fingerprint density at radius 2 is 1.73 bits per heavy atom. The third-order valence-corrected chi connectivity index (χ3v) is 3.81. The SMILES string of the molecule is CCOc1cc(C)ccc1CNC(=NC)NCc1ccc(OC)cc1.I. The lowest BCUT2D eigenvalue weighted by atomic mass is 10.1. The van der Waals surface area contributed by atoms with Crippen molar-refractivity contribution < 1.29 is 9.47 Å². The van der Waals surface area contributed by atoms with E-state index in [0.717, 1.165) is 28.6 Å². The summed E-state index contributed by atoms with van der Waals surface area (Å²) in [6.45, 7) is 6.05. The Balaban J connectivity index is 0.00000338. The highest BCUT2D eigenvalue weighted by Gasteiger charge is 2.05. The van der Waals surface area contributed by atoms with E-state index in [9.17, 15) is 0 Å². The van der Waals surface area contributed by atoms with Gasteiger partial charge in [0.25, 0.3) is 0 Å². The van der Waals surface area contributed by atoms with Gasteiger partial charge in [-0.05, 0) is 43.2 Å². The van der Waals surface area contributed by atoms with Crippen LogP contribution in [0.3, 0.4) is 0 Å². The number of ether oxygens (including phenoxy) is 2. The molecule has 0 aromatic heterocycles. The van der Waals surface area contributed by atoms with Crippen molar-refractivity contribution in [2.24, 2.45) is 4.99 Å². The Morgan fingerprint density at radius 3 is 2.35 bits per heavy atom. The van der Waals surface area contributed by atoms with Crippen LogP contribution in [0.1, 0.15) is 23.6 Å². The summed E-state index contributed by atoms with van der Waals surface area (Å²) in [4.78, 5) is 4.27. The van der Waals surface area contributed by atoms with Crippen LogP contribution in [0.15, 0.2) is 47.5 Å². The lowest BCUT2D eigenvalue weighted by Gasteiger charge is -2.15. The number of aryl methyl sites for hydroxylation is 1. The molecule has 0 fully saturated rings. The molecule has 2 rings (SSSR count). The van der Waals surface area contributed by atoms with Gasteiger partial charge in [-0.15, -0.1) is 24.0 Å². The predicted molar refractivity (Wildman–Crippen MR) is 118 cm³/mol. The molecule has 0 spiro atoms. The van der Waals surface area contributed by atoms with Gasteiger partial charge in [0.15, 0.2) is 5.96 Å². The summed E-state index contributed by atoms with van der Waals surface area (Å²) in [7, 11) is 3.43. The fourth-order valence-corrected chi connectivity index (χ4v) is 2.43. The molecule has 0 aliphatic carbocycles. The molecule has 0 aliphatic heterocycles. The second kappa shape index (κ2) is 11.6. The van der Waals surface area contributed by atoms with E-state index in [1.54, 1.807) is 14.2 Å². The average molecular weight is 469 g/mol. The van der Waals surface area contributed by atoms with Gasteiger partial charge in [0.1, 0.15) is 11.5 Å². The van der Waals surface area contributed by atoms with Crippen LogP contribution < -0.4 is 20.1 Å². The zero-order valence-electron chi connectivity index (χ0n) is 15.8. The quantitative estimate of drug-likeness (QED) is 0.367. The summed E-state index contributed by atoms with van der Waals surface area (Å²) in [6, 6.07) is 14.2. The minimum absolute atomic E-state index is 0. The fraction of sp³-hybridized carbons (Fsp3) is 0.350. The first-order valence-corrected chi connectivity index (χ1v) is 8.46. The van der Waals surface area contributed by atoms with Crippen molar-refractivity contribution in [3.63, 3.8) is 0 Å². The van der Waals surface area contributed by atoms with Crippen molar-refractivity contribution in [2.75, 3.05) is 20.8 Å². The number of hydrogen-bond acceptors (Lipinski definition) is 3. The first-order valence-electron chi connectivity index (χ1n) is 8.46. The predicted octanol–water partition coefficient (Wildman–Crippen LogP) is 3.89. The minimum Gasteiger partial charge on any atom is -0.497 e. The third-order valence-electron chi connectivity index (χ3n) is 3.81. The Morgan fingerprint density at radius 1 is 1.04 bits per heavy atom. The molecule has 26 heavy (non-hydrogen) atoms. The summed E-state index contributed by atoms with van der Waals surface area (Å²) in [5.74, 6) is 2.52. The van der Waals surface area contributed by atoms with Gasteiger partial charge in [0.2, 0.25) is 0 Å². The normalized spacial score (nSPS) is 10.7. The van der Waals surface area contributed by atoms with E-state index in [0.29, 0.717) is 19.7 Å². The molecular formula is C20H28IN3O2. The van der Waals surface area contributed by atoms with Crippen LogP contribution in [0.2, 0.25) is 0 Å². The summed E-state index contributed by atoms with van der Waals surface area (Å²) < 4.78 is 10.9. The van der Waals surface area contributed by atoms with Crippen LogP contribution in [0.4, 0.5) is 0 Å². The molecule has 2 aromatic carbocycles. The van der Waals surface area contributed by atoms with Crippen molar-refractivity contribution >= 4 is 29.9 Å². The van der Waals surface area contributed by atoms with Crippen LogP contribution >= 0.6 is 24.0 Å². The van der Waals surface area contributed by atoms with Gasteiger partial charge in [0, 0.05) is 25.7 Å². The zero-order valence-corrected chi connectivity index (χ0v) is 18.2. The highest BCUT2D eigenvalue weighted by molar-refractivity contribution is 14.0. The maximum atomic E-state index is 5.72. The lowest BCUT2D eigenvalue weighted by molar-refractivity contribution is 0.336. The van der Waals surface area contributed by atoms with Crippen molar-refractivity contribution in [3.8, 4) is 11.5 Å². The van der Waals surface area contributed by atoms with E-state index < -0.39 is 0 Å². The largest absolute Gasteiger partial charge is 0.497 e. The molecular weight excluding hydrogens is 441 g/mol. The van der Waals surface area contributed by atoms with Crippen molar-refractivity contribution in [1.82, 2.24) is 10.6 Å². The van der Waals surface area contributed by atoms with Gasteiger partial charge >= 0.3 is 0 Å². The van der Waals surface area contributed by atoms with E-state index >= 15 is 0 Å². The molecule has 0 amide bonds. The van der Waals surface area contributed by atoms with Crippen LogP contribution in [0.5, 0.6) is 11.5 Å². The number of hydrogen-bond donors (Lipinski definition) is 2. The van der Waals surface area contributed by atoms with E-state index in [1.807, 2.05) is 31.2 Å². The third kappa shape index (κ3) is 6.74. The number of methoxy groups -OCH3 is 1. The van der Waals surface area contributed by atoms with Crippen LogP contribution in [0, 0.1) is 6.92 Å².